The molecule has 94 valence electrons. The van der Waals surface area contributed by atoms with Crippen LogP contribution in [0.25, 0.3) is 0 Å². The number of hydrogen-bond acceptors (Lipinski definition) is 5. The van der Waals surface area contributed by atoms with Gasteiger partial charge in [0, 0.05) is 6.42 Å². The first-order valence-electron chi connectivity index (χ1n) is 6.07. The number of nitrogens with zero attached hydrogens (tertiary/aromatic N) is 5. The zero-order valence-corrected chi connectivity index (χ0v) is 10.1. The minimum atomic E-state index is 0.727. The molecule has 0 unspecified atom stereocenters. The summed E-state index contributed by atoms with van der Waals surface area (Å²) >= 11 is 0. The molecule has 6 nitrogen and oxygen atoms in total. The van der Waals surface area contributed by atoms with Crippen LogP contribution in [0, 0.1) is 0 Å². The highest BCUT2D eigenvalue weighted by Crippen LogP contribution is 2.07. The molecule has 1 aliphatic heterocycles. The van der Waals surface area contributed by atoms with Crippen LogP contribution in [0.1, 0.15) is 11.4 Å². The summed E-state index contributed by atoms with van der Waals surface area (Å²) in [6.45, 7) is 3.11. The van der Waals surface area contributed by atoms with Gasteiger partial charge in [0.25, 0.3) is 0 Å². The van der Waals surface area contributed by atoms with Crippen molar-refractivity contribution in [2.24, 2.45) is 0 Å². The smallest absolute Gasteiger partial charge is 0.178 e. The molecule has 1 saturated heterocycles. The Morgan fingerprint density at radius 3 is 2.67 bits per heavy atom. The molecule has 0 radical (unpaired) electrons. The molecule has 2 heterocycles. The maximum Gasteiger partial charge on any atom is 0.178 e. The highest BCUT2D eigenvalue weighted by molar-refractivity contribution is 5.18. The Labute approximate surface area is 105 Å². The van der Waals surface area contributed by atoms with E-state index in [1.807, 2.05) is 18.2 Å². The summed E-state index contributed by atoms with van der Waals surface area (Å²) < 4.78 is 5.33. The number of aromatic nitrogens is 4. The van der Waals surface area contributed by atoms with E-state index in [1.165, 1.54) is 5.56 Å². The summed E-state index contributed by atoms with van der Waals surface area (Å²) in [5, 5.41) is 14.1. The predicted octanol–water partition coefficient (Wildman–Crippen LogP) is 0.232. The number of rotatable bonds is 3. The maximum absolute atomic E-state index is 5.33. The molecule has 0 bridgehead atoms. The van der Waals surface area contributed by atoms with Crippen LogP contribution < -0.4 is 5.01 Å². The third kappa shape index (κ3) is 2.33. The third-order valence-corrected chi connectivity index (χ3v) is 2.98. The number of hydrogen-bond donors (Lipinski definition) is 0. The molecule has 0 N–H and O–H groups in total. The van der Waals surface area contributed by atoms with Gasteiger partial charge >= 0.3 is 0 Å². The molecule has 0 amide bonds. The molecule has 1 fully saturated rings. The van der Waals surface area contributed by atoms with Crippen LogP contribution in [0.5, 0.6) is 0 Å². The number of morpholine rings is 1. The Kier molecular flexibility index (Phi) is 3.18. The van der Waals surface area contributed by atoms with E-state index >= 15 is 0 Å². The lowest BCUT2D eigenvalue weighted by molar-refractivity contribution is 0.108. The average molecular weight is 245 g/mol. The number of tetrazole rings is 1. The van der Waals surface area contributed by atoms with Gasteiger partial charge in [-0.3, -0.25) is 5.01 Å². The Bertz CT molecular complexity index is 492. The molecule has 0 saturated carbocycles. The van der Waals surface area contributed by atoms with Crippen molar-refractivity contribution in [3.8, 4) is 0 Å². The van der Waals surface area contributed by atoms with Gasteiger partial charge < -0.3 is 4.74 Å². The van der Waals surface area contributed by atoms with E-state index in [1.54, 1.807) is 4.79 Å². The van der Waals surface area contributed by atoms with Crippen LogP contribution in [0.2, 0.25) is 0 Å². The highest BCUT2D eigenvalue weighted by atomic mass is 16.5. The van der Waals surface area contributed by atoms with E-state index in [2.05, 4.69) is 32.7 Å². The van der Waals surface area contributed by atoms with Crippen molar-refractivity contribution in [2.75, 3.05) is 31.3 Å². The second-order valence-electron chi connectivity index (χ2n) is 4.21. The lowest BCUT2D eigenvalue weighted by Crippen LogP contribution is -2.45. The van der Waals surface area contributed by atoms with Crippen LogP contribution >= 0.6 is 0 Å². The molecular formula is C12H15N5O. The summed E-state index contributed by atoms with van der Waals surface area (Å²) in [7, 11) is 0. The lowest BCUT2D eigenvalue weighted by Gasteiger charge is -2.28. The number of benzene rings is 1. The molecule has 6 heteroatoms. The van der Waals surface area contributed by atoms with E-state index in [-0.39, 0.29) is 0 Å². The van der Waals surface area contributed by atoms with E-state index in [9.17, 15) is 0 Å². The van der Waals surface area contributed by atoms with Gasteiger partial charge in [-0.2, -0.15) is 0 Å². The van der Waals surface area contributed by atoms with E-state index in [0.717, 1.165) is 38.5 Å². The largest absolute Gasteiger partial charge is 0.378 e. The van der Waals surface area contributed by atoms with Crippen molar-refractivity contribution in [2.45, 2.75) is 6.42 Å². The van der Waals surface area contributed by atoms with Gasteiger partial charge in [0.1, 0.15) is 0 Å². The molecule has 3 rings (SSSR count). The zero-order valence-electron chi connectivity index (χ0n) is 10.1. The quantitative estimate of drug-likeness (QED) is 0.775. The fourth-order valence-electron chi connectivity index (χ4n) is 2.05. The van der Waals surface area contributed by atoms with Gasteiger partial charge in [-0.05, 0) is 16.0 Å². The van der Waals surface area contributed by atoms with Gasteiger partial charge in [0.15, 0.2) is 5.82 Å². The van der Waals surface area contributed by atoms with Crippen LogP contribution in [-0.4, -0.2) is 46.6 Å². The average Bonchev–Trinajstić information content (AvgIpc) is 2.89. The fourth-order valence-corrected chi connectivity index (χ4v) is 2.05. The van der Waals surface area contributed by atoms with Crippen LogP contribution in [0.4, 0.5) is 0 Å². The molecule has 18 heavy (non-hydrogen) atoms. The first-order valence-corrected chi connectivity index (χ1v) is 6.07. The molecule has 0 atom stereocenters. The van der Waals surface area contributed by atoms with E-state index in [4.69, 9.17) is 4.74 Å². The predicted molar refractivity (Wildman–Crippen MR) is 65.8 cm³/mol. The van der Waals surface area contributed by atoms with Crippen molar-refractivity contribution < 1.29 is 4.74 Å². The molecule has 2 aromatic rings. The van der Waals surface area contributed by atoms with Gasteiger partial charge in [-0.1, -0.05) is 30.3 Å². The van der Waals surface area contributed by atoms with Crippen molar-refractivity contribution in [3.05, 3.63) is 41.7 Å². The summed E-state index contributed by atoms with van der Waals surface area (Å²) in [5.41, 5.74) is 1.21. The first kappa shape index (κ1) is 11.2. The van der Waals surface area contributed by atoms with Gasteiger partial charge in [-0.15, -0.1) is 9.89 Å². The molecule has 0 aliphatic carbocycles. The number of ether oxygens (including phenoxy) is 1. The topological polar surface area (TPSA) is 56.1 Å². The summed E-state index contributed by atoms with van der Waals surface area (Å²) in [4.78, 5) is 1.80. The van der Waals surface area contributed by atoms with Crippen LogP contribution in [0.3, 0.4) is 0 Å². The van der Waals surface area contributed by atoms with Gasteiger partial charge in [0.05, 0.1) is 26.3 Å². The molecule has 1 aliphatic rings. The second kappa shape index (κ2) is 5.14. The molecule has 0 spiro atoms. The minimum absolute atomic E-state index is 0.727. The second-order valence-corrected chi connectivity index (χ2v) is 4.21. The minimum Gasteiger partial charge on any atom is -0.378 e. The Morgan fingerprint density at radius 2 is 1.89 bits per heavy atom. The SMILES string of the molecule is c1ccc(Cc2nnnn2N2CCOCC2)cc1. The van der Waals surface area contributed by atoms with E-state index < -0.39 is 0 Å². The van der Waals surface area contributed by atoms with Gasteiger partial charge in [0.2, 0.25) is 0 Å². The van der Waals surface area contributed by atoms with Crippen LogP contribution in [-0.2, 0) is 11.2 Å². The Balaban J connectivity index is 1.78. The molecule has 1 aromatic heterocycles. The molecular weight excluding hydrogens is 230 g/mol. The van der Waals surface area contributed by atoms with Gasteiger partial charge in [-0.25, -0.2) is 0 Å². The normalized spacial score (nSPS) is 15.9. The Hall–Kier alpha value is -1.95. The standard InChI is InChI=1S/C12H15N5O/c1-2-4-11(5-3-1)10-12-13-14-15-17(12)16-6-8-18-9-7-16/h1-5H,6-10H2. The first-order chi connectivity index (χ1) is 8.93. The molecule has 1 aromatic carbocycles. The fraction of sp³-hybridized carbons (Fsp3) is 0.417. The maximum atomic E-state index is 5.33. The van der Waals surface area contributed by atoms with Crippen molar-refractivity contribution in [1.82, 2.24) is 20.3 Å². The summed E-state index contributed by atoms with van der Waals surface area (Å²) in [6.07, 6.45) is 0.741. The zero-order chi connectivity index (χ0) is 12.2. The van der Waals surface area contributed by atoms with Crippen LogP contribution in [0.15, 0.2) is 30.3 Å². The van der Waals surface area contributed by atoms with Crippen molar-refractivity contribution >= 4 is 0 Å². The van der Waals surface area contributed by atoms with E-state index in [0.29, 0.717) is 0 Å². The summed E-state index contributed by atoms with van der Waals surface area (Å²) in [6, 6.07) is 10.2. The third-order valence-electron chi connectivity index (χ3n) is 2.98. The highest BCUT2D eigenvalue weighted by Gasteiger charge is 2.16. The Morgan fingerprint density at radius 1 is 1.11 bits per heavy atom. The summed E-state index contributed by atoms with van der Waals surface area (Å²) in [5.74, 6) is 0.864. The van der Waals surface area contributed by atoms with Crippen molar-refractivity contribution in [1.29, 1.82) is 0 Å². The van der Waals surface area contributed by atoms with Crippen molar-refractivity contribution in [3.63, 3.8) is 0 Å². The monoisotopic (exact) mass is 245 g/mol. The lowest BCUT2D eigenvalue weighted by atomic mass is 10.1.